The van der Waals surface area contributed by atoms with Gasteiger partial charge in [-0.05, 0) is 50.0 Å². The summed E-state index contributed by atoms with van der Waals surface area (Å²) < 4.78 is 0. The van der Waals surface area contributed by atoms with E-state index in [0.717, 1.165) is 37.4 Å². The van der Waals surface area contributed by atoms with Gasteiger partial charge >= 0.3 is 6.03 Å². The SMILES string of the molecule is Cc1cccc(NC(=O)N[C@@H](C)[C@H](c2cccs2)N2CCN(C)CC2)c1. The van der Waals surface area contributed by atoms with E-state index in [2.05, 4.69) is 51.9 Å². The predicted molar refractivity (Wildman–Crippen MR) is 109 cm³/mol. The topological polar surface area (TPSA) is 47.6 Å². The van der Waals surface area contributed by atoms with Crippen molar-refractivity contribution in [2.45, 2.75) is 25.9 Å². The molecule has 1 aliphatic rings. The van der Waals surface area contributed by atoms with Crippen molar-refractivity contribution in [3.8, 4) is 0 Å². The van der Waals surface area contributed by atoms with Gasteiger partial charge in [0, 0.05) is 42.8 Å². The van der Waals surface area contributed by atoms with Crippen LogP contribution in [0, 0.1) is 6.92 Å². The van der Waals surface area contributed by atoms with E-state index in [1.165, 1.54) is 4.88 Å². The van der Waals surface area contributed by atoms with Crippen LogP contribution < -0.4 is 10.6 Å². The van der Waals surface area contributed by atoms with Gasteiger partial charge in [0.15, 0.2) is 0 Å². The molecular weight excluding hydrogens is 344 g/mol. The summed E-state index contributed by atoms with van der Waals surface area (Å²) in [5.74, 6) is 0. The van der Waals surface area contributed by atoms with Crippen molar-refractivity contribution >= 4 is 23.1 Å². The molecule has 0 unspecified atom stereocenters. The Balaban J connectivity index is 1.67. The molecule has 1 aromatic carbocycles. The second kappa shape index (κ2) is 8.66. The average molecular weight is 373 g/mol. The van der Waals surface area contributed by atoms with E-state index in [1.54, 1.807) is 11.3 Å². The van der Waals surface area contributed by atoms with Crippen LogP contribution in [0.15, 0.2) is 41.8 Å². The number of urea groups is 1. The second-order valence-electron chi connectivity index (χ2n) is 7.06. The fourth-order valence-corrected chi connectivity index (χ4v) is 4.44. The van der Waals surface area contributed by atoms with Crippen LogP contribution in [0.3, 0.4) is 0 Å². The summed E-state index contributed by atoms with van der Waals surface area (Å²) in [5.41, 5.74) is 1.95. The number of piperazine rings is 1. The van der Waals surface area contributed by atoms with Gasteiger partial charge in [-0.25, -0.2) is 4.79 Å². The molecule has 1 aliphatic heterocycles. The number of benzene rings is 1. The highest BCUT2D eigenvalue weighted by atomic mass is 32.1. The molecule has 140 valence electrons. The first-order valence-electron chi connectivity index (χ1n) is 9.13. The van der Waals surface area contributed by atoms with E-state index in [0.29, 0.717) is 0 Å². The maximum Gasteiger partial charge on any atom is 0.319 e. The van der Waals surface area contributed by atoms with Crippen LogP contribution in [0.1, 0.15) is 23.4 Å². The summed E-state index contributed by atoms with van der Waals surface area (Å²) >= 11 is 1.76. The third kappa shape index (κ3) is 4.84. The Hall–Kier alpha value is -1.89. The monoisotopic (exact) mass is 372 g/mol. The molecular formula is C20H28N4OS. The predicted octanol–water partition coefficient (Wildman–Crippen LogP) is 3.56. The maximum absolute atomic E-state index is 12.5. The standard InChI is InChI=1S/C20H28N4OS/c1-15-6-4-7-17(14-15)22-20(25)21-16(2)19(18-8-5-13-26-18)24-11-9-23(3)10-12-24/h4-8,13-14,16,19H,9-12H2,1-3H3,(H2,21,22,25)/t16-,19+/m0/s1. The molecule has 5 nitrogen and oxygen atoms in total. The fourth-order valence-electron chi connectivity index (χ4n) is 3.48. The second-order valence-corrected chi connectivity index (χ2v) is 8.04. The maximum atomic E-state index is 12.5. The van der Waals surface area contributed by atoms with Gasteiger partial charge in [-0.3, -0.25) is 4.90 Å². The lowest BCUT2D eigenvalue weighted by molar-refractivity contribution is 0.0971. The van der Waals surface area contributed by atoms with Crippen LogP contribution in [0.25, 0.3) is 0 Å². The summed E-state index contributed by atoms with van der Waals surface area (Å²) in [6.45, 7) is 8.27. The number of likely N-dealkylation sites (N-methyl/N-ethyl adjacent to an activating group) is 1. The first-order chi connectivity index (χ1) is 12.5. The van der Waals surface area contributed by atoms with Crippen LogP contribution in [-0.2, 0) is 0 Å². The number of nitrogens with one attached hydrogen (secondary N) is 2. The molecule has 2 aromatic rings. The first kappa shape index (κ1) is 18.9. The molecule has 6 heteroatoms. The Morgan fingerprint density at radius 1 is 1.15 bits per heavy atom. The minimum Gasteiger partial charge on any atom is -0.333 e. The molecule has 1 aromatic heterocycles. The summed E-state index contributed by atoms with van der Waals surface area (Å²) in [6.07, 6.45) is 0. The molecule has 2 N–H and O–H groups in total. The molecule has 0 spiro atoms. The number of hydrogen-bond acceptors (Lipinski definition) is 4. The zero-order chi connectivity index (χ0) is 18.5. The Labute approximate surface area is 160 Å². The Morgan fingerprint density at radius 2 is 1.92 bits per heavy atom. The van der Waals surface area contributed by atoms with Crippen molar-refractivity contribution in [3.05, 3.63) is 52.2 Å². The number of amides is 2. The third-order valence-electron chi connectivity index (χ3n) is 4.87. The van der Waals surface area contributed by atoms with Crippen molar-refractivity contribution < 1.29 is 4.79 Å². The number of carbonyl (C=O) groups is 1. The van der Waals surface area contributed by atoms with E-state index >= 15 is 0 Å². The zero-order valence-corrected chi connectivity index (χ0v) is 16.6. The van der Waals surface area contributed by atoms with Gasteiger partial charge in [0.2, 0.25) is 0 Å². The third-order valence-corrected chi connectivity index (χ3v) is 5.82. The largest absolute Gasteiger partial charge is 0.333 e. The van der Waals surface area contributed by atoms with Crippen molar-refractivity contribution in [2.24, 2.45) is 0 Å². The molecule has 0 radical (unpaired) electrons. The summed E-state index contributed by atoms with van der Waals surface area (Å²) in [4.78, 5) is 18.6. The first-order valence-corrected chi connectivity index (χ1v) is 10.0. The Morgan fingerprint density at radius 3 is 2.58 bits per heavy atom. The van der Waals surface area contributed by atoms with E-state index in [-0.39, 0.29) is 18.1 Å². The van der Waals surface area contributed by atoms with Crippen LogP contribution in [-0.4, -0.2) is 55.1 Å². The lowest BCUT2D eigenvalue weighted by Gasteiger charge is -2.40. The Bertz CT molecular complexity index is 710. The van der Waals surface area contributed by atoms with Crippen molar-refractivity contribution in [2.75, 3.05) is 38.5 Å². The number of rotatable bonds is 5. The minimum absolute atomic E-state index is 0.0156. The van der Waals surface area contributed by atoms with Crippen LogP contribution in [0.4, 0.5) is 10.5 Å². The van der Waals surface area contributed by atoms with Gasteiger partial charge in [-0.2, -0.15) is 0 Å². The van der Waals surface area contributed by atoms with Crippen LogP contribution in [0.5, 0.6) is 0 Å². The van der Waals surface area contributed by atoms with Gasteiger partial charge in [-0.15, -0.1) is 11.3 Å². The Kier molecular flexibility index (Phi) is 6.29. The number of anilines is 1. The lowest BCUT2D eigenvalue weighted by Crippen LogP contribution is -2.51. The quantitative estimate of drug-likeness (QED) is 0.844. The van der Waals surface area contributed by atoms with Gasteiger partial charge in [0.1, 0.15) is 0 Å². The van der Waals surface area contributed by atoms with Crippen molar-refractivity contribution in [1.29, 1.82) is 0 Å². The van der Waals surface area contributed by atoms with Crippen molar-refractivity contribution in [3.63, 3.8) is 0 Å². The highest BCUT2D eigenvalue weighted by Crippen LogP contribution is 2.29. The van der Waals surface area contributed by atoms with E-state index in [1.807, 2.05) is 31.2 Å². The highest BCUT2D eigenvalue weighted by Gasteiger charge is 2.30. The molecule has 1 fully saturated rings. The molecule has 0 aliphatic carbocycles. The summed E-state index contributed by atoms with van der Waals surface area (Å²) in [5, 5.41) is 8.21. The molecule has 2 atom stereocenters. The van der Waals surface area contributed by atoms with Gasteiger partial charge in [0.25, 0.3) is 0 Å². The summed E-state index contributed by atoms with van der Waals surface area (Å²) in [6, 6.07) is 12.2. The normalized spacial score (nSPS) is 18.3. The van der Waals surface area contributed by atoms with E-state index in [9.17, 15) is 4.79 Å². The van der Waals surface area contributed by atoms with Gasteiger partial charge < -0.3 is 15.5 Å². The van der Waals surface area contributed by atoms with Crippen LogP contribution >= 0.6 is 11.3 Å². The molecule has 1 saturated heterocycles. The molecule has 2 amide bonds. The summed E-state index contributed by atoms with van der Waals surface area (Å²) in [7, 11) is 2.16. The molecule has 3 rings (SSSR count). The molecule has 2 heterocycles. The number of nitrogens with zero attached hydrogens (tertiary/aromatic N) is 2. The fraction of sp³-hybridized carbons (Fsp3) is 0.450. The van der Waals surface area contributed by atoms with Crippen LogP contribution in [0.2, 0.25) is 0 Å². The number of aryl methyl sites for hydroxylation is 1. The highest BCUT2D eigenvalue weighted by molar-refractivity contribution is 7.10. The van der Waals surface area contributed by atoms with Gasteiger partial charge in [0.05, 0.1) is 6.04 Å². The van der Waals surface area contributed by atoms with Gasteiger partial charge in [-0.1, -0.05) is 18.2 Å². The zero-order valence-electron chi connectivity index (χ0n) is 15.7. The number of thiophene rings is 1. The van der Waals surface area contributed by atoms with E-state index in [4.69, 9.17) is 0 Å². The minimum atomic E-state index is -0.154. The number of hydrogen-bond donors (Lipinski definition) is 2. The smallest absolute Gasteiger partial charge is 0.319 e. The van der Waals surface area contributed by atoms with E-state index < -0.39 is 0 Å². The average Bonchev–Trinajstić information content (AvgIpc) is 3.11. The molecule has 0 bridgehead atoms. The molecule has 26 heavy (non-hydrogen) atoms. The number of carbonyl (C=O) groups excluding carboxylic acids is 1. The molecule has 0 saturated carbocycles. The lowest BCUT2D eigenvalue weighted by atomic mass is 10.1. The van der Waals surface area contributed by atoms with Crippen molar-refractivity contribution in [1.82, 2.24) is 15.1 Å².